The summed E-state index contributed by atoms with van der Waals surface area (Å²) >= 11 is 1.63. The Balaban J connectivity index is 2.68. The number of hydrogen-bond donors (Lipinski definition) is 1. The van der Waals surface area contributed by atoms with Crippen LogP contribution in [-0.2, 0) is 4.79 Å². The second-order valence-corrected chi connectivity index (χ2v) is 4.12. The molecule has 0 aromatic rings. The lowest BCUT2D eigenvalue weighted by Crippen LogP contribution is -2.50. The van der Waals surface area contributed by atoms with Gasteiger partial charge in [0, 0.05) is 18.1 Å². The Morgan fingerprint density at radius 1 is 1.85 bits per heavy atom. The lowest BCUT2D eigenvalue weighted by atomic mass is 10.2. The third kappa shape index (κ3) is 2.36. The van der Waals surface area contributed by atoms with Crippen molar-refractivity contribution in [1.82, 2.24) is 4.90 Å². The molecule has 1 aliphatic heterocycles. The molecule has 0 aromatic carbocycles. The molecule has 0 aromatic heterocycles. The highest BCUT2D eigenvalue weighted by Crippen LogP contribution is 2.18. The molecule has 0 bridgehead atoms. The van der Waals surface area contributed by atoms with Crippen LogP contribution >= 0.6 is 11.8 Å². The quantitative estimate of drug-likeness (QED) is 0.699. The fourth-order valence-corrected chi connectivity index (χ4v) is 2.43. The van der Waals surface area contributed by atoms with E-state index in [0.717, 1.165) is 5.75 Å². The van der Waals surface area contributed by atoms with Crippen LogP contribution in [0.25, 0.3) is 0 Å². The second kappa shape index (κ2) is 4.49. The summed E-state index contributed by atoms with van der Waals surface area (Å²) in [5.74, 6) is 0.672. The number of hydrogen-bond acceptors (Lipinski definition) is 4. The minimum atomic E-state index is -0.825. The maximum absolute atomic E-state index is 10.8. The molecule has 2 atom stereocenters. The molecule has 0 saturated carbocycles. The first-order valence-electron chi connectivity index (χ1n) is 4.12. The summed E-state index contributed by atoms with van der Waals surface area (Å²) < 4.78 is 0. The zero-order valence-electron chi connectivity index (χ0n) is 7.43. The van der Waals surface area contributed by atoms with E-state index in [-0.39, 0.29) is 6.04 Å². The molecular formula is C8H12N2O2S. The minimum absolute atomic E-state index is 0.304. The first-order valence-corrected chi connectivity index (χ1v) is 5.28. The van der Waals surface area contributed by atoms with Crippen LogP contribution in [0.1, 0.15) is 6.92 Å². The standard InChI is InChI=1S/C8H12N2O2S/c1-6(4-9)10-2-3-13-5-7(10)8(11)12/h6-7H,2-3,5H2,1H3,(H,11,12). The topological polar surface area (TPSA) is 64.3 Å². The second-order valence-electron chi connectivity index (χ2n) is 2.97. The van der Waals surface area contributed by atoms with E-state index in [1.165, 1.54) is 0 Å². The number of carbonyl (C=O) groups is 1. The summed E-state index contributed by atoms with van der Waals surface area (Å²) in [5, 5.41) is 17.6. The van der Waals surface area contributed by atoms with Gasteiger partial charge in [-0.05, 0) is 6.92 Å². The molecule has 1 saturated heterocycles. The Morgan fingerprint density at radius 3 is 3.08 bits per heavy atom. The van der Waals surface area contributed by atoms with Crippen molar-refractivity contribution >= 4 is 17.7 Å². The van der Waals surface area contributed by atoms with Crippen molar-refractivity contribution in [3.8, 4) is 6.07 Å². The number of nitrogens with zero attached hydrogens (tertiary/aromatic N) is 2. The highest BCUT2D eigenvalue weighted by atomic mass is 32.2. The van der Waals surface area contributed by atoms with Crippen molar-refractivity contribution in [1.29, 1.82) is 5.26 Å². The van der Waals surface area contributed by atoms with Gasteiger partial charge in [-0.2, -0.15) is 17.0 Å². The van der Waals surface area contributed by atoms with Crippen molar-refractivity contribution in [2.24, 2.45) is 0 Å². The van der Waals surface area contributed by atoms with Gasteiger partial charge in [-0.3, -0.25) is 9.69 Å². The predicted molar refractivity (Wildman–Crippen MR) is 50.5 cm³/mol. The van der Waals surface area contributed by atoms with Crippen LogP contribution in [0.5, 0.6) is 0 Å². The summed E-state index contributed by atoms with van der Waals surface area (Å²) in [7, 11) is 0. The number of aliphatic carboxylic acids is 1. The molecule has 0 spiro atoms. The van der Waals surface area contributed by atoms with Crippen LogP contribution in [0.15, 0.2) is 0 Å². The molecular weight excluding hydrogens is 188 g/mol. The van der Waals surface area contributed by atoms with Gasteiger partial charge in [0.15, 0.2) is 0 Å². The first-order chi connectivity index (χ1) is 6.16. The van der Waals surface area contributed by atoms with Gasteiger partial charge >= 0.3 is 5.97 Å². The number of carboxylic acids is 1. The highest BCUT2D eigenvalue weighted by Gasteiger charge is 2.31. The SMILES string of the molecule is CC(C#N)N1CCSCC1C(=O)O. The van der Waals surface area contributed by atoms with Crippen LogP contribution in [0, 0.1) is 11.3 Å². The smallest absolute Gasteiger partial charge is 0.321 e. The van der Waals surface area contributed by atoms with Gasteiger partial charge in [-0.15, -0.1) is 0 Å². The lowest BCUT2D eigenvalue weighted by Gasteiger charge is -2.33. The van der Waals surface area contributed by atoms with E-state index in [1.54, 1.807) is 23.6 Å². The molecule has 2 unspecified atom stereocenters. The van der Waals surface area contributed by atoms with E-state index in [4.69, 9.17) is 10.4 Å². The predicted octanol–water partition coefficient (Wildman–Crippen LogP) is 0.400. The van der Waals surface area contributed by atoms with Crippen molar-refractivity contribution in [3.63, 3.8) is 0 Å². The number of nitriles is 1. The summed E-state index contributed by atoms with van der Waals surface area (Å²) in [5.41, 5.74) is 0. The molecule has 1 heterocycles. The van der Waals surface area contributed by atoms with Gasteiger partial charge in [-0.1, -0.05) is 0 Å². The molecule has 1 aliphatic rings. The van der Waals surface area contributed by atoms with E-state index >= 15 is 0 Å². The monoisotopic (exact) mass is 200 g/mol. The summed E-state index contributed by atoms with van der Waals surface area (Å²) in [6, 6.07) is 1.28. The fraction of sp³-hybridized carbons (Fsp3) is 0.750. The Morgan fingerprint density at radius 2 is 2.54 bits per heavy atom. The van der Waals surface area contributed by atoms with Gasteiger partial charge in [0.25, 0.3) is 0 Å². The molecule has 0 radical (unpaired) electrons. The molecule has 1 N–H and O–H groups in total. The van der Waals surface area contributed by atoms with Crippen LogP contribution in [0.3, 0.4) is 0 Å². The average molecular weight is 200 g/mol. The Hall–Kier alpha value is -0.730. The van der Waals surface area contributed by atoms with Crippen molar-refractivity contribution in [2.45, 2.75) is 19.0 Å². The zero-order valence-corrected chi connectivity index (χ0v) is 8.25. The molecule has 5 heteroatoms. The Labute approximate surface area is 81.5 Å². The summed E-state index contributed by atoms with van der Waals surface area (Å²) in [6.45, 7) is 2.43. The lowest BCUT2D eigenvalue weighted by molar-refractivity contribution is -0.142. The zero-order chi connectivity index (χ0) is 9.84. The van der Waals surface area contributed by atoms with E-state index in [9.17, 15) is 4.79 Å². The fourth-order valence-electron chi connectivity index (χ4n) is 1.37. The maximum atomic E-state index is 10.8. The normalized spacial score (nSPS) is 26.3. The van der Waals surface area contributed by atoms with Crippen LogP contribution < -0.4 is 0 Å². The molecule has 13 heavy (non-hydrogen) atoms. The molecule has 4 nitrogen and oxygen atoms in total. The number of rotatable bonds is 2. The van der Waals surface area contributed by atoms with Crippen LogP contribution in [0.2, 0.25) is 0 Å². The van der Waals surface area contributed by atoms with Crippen LogP contribution in [0.4, 0.5) is 0 Å². The van der Waals surface area contributed by atoms with E-state index in [2.05, 4.69) is 6.07 Å². The van der Waals surface area contributed by atoms with Crippen LogP contribution in [-0.4, -0.2) is 46.1 Å². The average Bonchev–Trinajstić information content (AvgIpc) is 2.16. The van der Waals surface area contributed by atoms with Gasteiger partial charge in [0.1, 0.15) is 6.04 Å². The summed E-state index contributed by atoms with van der Waals surface area (Å²) in [6.07, 6.45) is 0. The Bertz CT molecular complexity index is 239. The largest absolute Gasteiger partial charge is 0.480 e. The molecule has 1 fully saturated rings. The van der Waals surface area contributed by atoms with E-state index in [0.29, 0.717) is 12.3 Å². The third-order valence-corrected chi connectivity index (χ3v) is 3.16. The van der Waals surface area contributed by atoms with Gasteiger partial charge < -0.3 is 5.11 Å². The highest BCUT2D eigenvalue weighted by molar-refractivity contribution is 7.99. The number of carboxylic acid groups (broad SMARTS) is 1. The molecule has 72 valence electrons. The van der Waals surface area contributed by atoms with E-state index in [1.807, 2.05) is 0 Å². The van der Waals surface area contributed by atoms with Crippen molar-refractivity contribution in [2.75, 3.05) is 18.1 Å². The summed E-state index contributed by atoms with van der Waals surface area (Å²) in [4.78, 5) is 12.6. The van der Waals surface area contributed by atoms with Crippen molar-refractivity contribution in [3.05, 3.63) is 0 Å². The minimum Gasteiger partial charge on any atom is -0.480 e. The molecule has 0 aliphatic carbocycles. The Kier molecular flexibility index (Phi) is 3.58. The van der Waals surface area contributed by atoms with Gasteiger partial charge in [-0.25, -0.2) is 0 Å². The number of thioether (sulfide) groups is 1. The van der Waals surface area contributed by atoms with Gasteiger partial charge in [0.2, 0.25) is 0 Å². The molecule has 1 rings (SSSR count). The maximum Gasteiger partial charge on any atom is 0.321 e. The third-order valence-electron chi connectivity index (χ3n) is 2.14. The van der Waals surface area contributed by atoms with Gasteiger partial charge in [0.05, 0.1) is 12.1 Å². The van der Waals surface area contributed by atoms with E-state index < -0.39 is 12.0 Å². The first kappa shape index (κ1) is 10.4. The molecule has 0 amide bonds. The van der Waals surface area contributed by atoms with Crippen molar-refractivity contribution < 1.29 is 9.90 Å².